The lowest BCUT2D eigenvalue weighted by Gasteiger charge is -2.10. The second-order valence-electron chi connectivity index (χ2n) is 4.89. The predicted octanol–water partition coefficient (Wildman–Crippen LogP) is 1.85. The van der Waals surface area contributed by atoms with Gasteiger partial charge in [-0.2, -0.15) is 0 Å². The van der Waals surface area contributed by atoms with Crippen molar-refractivity contribution in [3.63, 3.8) is 0 Å². The van der Waals surface area contributed by atoms with Crippen molar-refractivity contribution in [1.29, 1.82) is 0 Å². The number of benzene rings is 1. The first kappa shape index (κ1) is 13.0. The molecule has 0 amide bonds. The molecule has 0 aliphatic heterocycles. The Balaban J connectivity index is 1.79. The molecule has 2 N–H and O–H groups in total. The summed E-state index contributed by atoms with van der Waals surface area (Å²) in [6.45, 7) is 1.49. The number of aliphatic hydroxyl groups excluding tert-OH is 1. The van der Waals surface area contributed by atoms with Crippen LogP contribution in [0.15, 0.2) is 24.3 Å². The predicted molar refractivity (Wildman–Crippen MR) is 68.2 cm³/mol. The minimum absolute atomic E-state index is 0.130. The maximum absolute atomic E-state index is 10.6. The highest BCUT2D eigenvalue weighted by molar-refractivity contribution is 5.34. The van der Waals surface area contributed by atoms with Crippen molar-refractivity contribution < 1.29 is 10.0 Å². The van der Waals surface area contributed by atoms with Gasteiger partial charge in [-0.1, -0.05) is 12.1 Å². The van der Waals surface area contributed by atoms with Gasteiger partial charge in [-0.15, -0.1) is 0 Å². The molecular weight excluding hydrogens is 232 g/mol. The van der Waals surface area contributed by atoms with Gasteiger partial charge in [-0.25, -0.2) is 0 Å². The van der Waals surface area contributed by atoms with E-state index in [0.29, 0.717) is 12.5 Å². The topological polar surface area (TPSA) is 75.4 Å². The quantitative estimate of drug-likeness (QED) is 0.617. The van der Waals surface area contributed by atoms with Gasteiger partial charge in [-0.3, -0.25) is 10.1 Å². The minimum Gasteiger partial charge on any atom is -0.393 e. The van der Waals surface area contributed by atoms with E-state index in [4.69, 9.17) is 0 Å². The molecule has 0 bridgehead atoms. The van der Waals surface area contributed by atoms with E-state index in [0.717, 1.165) is 31.4 Å². The summed E-state index contributed by atoms with van der Waals surface area (Å²) in [6, 6.07) is 6.67. The molecule has 1 saturated carbocycles. The van der Waals surface area contributed by atoms with Crippen LogP contribution in [-0.2, 0) is 6.54 Å². The van der Waals surface area contributed by atoms with E-state index >= 15 is 0 Å². The van der Waals surface area contributed by atoms with E-state index in [1.165, 1.54) is 6.07 Å². The number of hydrogen-bond acceptors (Lipinski definition) is 4. The monoisotopic (exact) mass is 250 g/mol. The number of non-ortho nitro benzene ring substituents is 1. The van der Waals surface area contributed by atoms with Crippen LogP contribution in [-0.4, -0.2) is 22.7 Å². The summed E-state index contributed by atoms with van der Waals surface area (Å²) in [5, 5.41) is 23.3. The number of hydrogen-bond donors (Lipinski definition) is 2. The zero-order valence-electron chi connectivity index (χ0n) is 10.2. The Morgan fingerprint density at radius 3 is 2.94 bits per heavy atom. The van der Waals surface area contributed by atoms with E-state index in [-0.39, 0.29) is 16.7 Å². The van der Waals surface area contributed by atoms with Gasteiger partial charge in [0.2, 0.25) is 0 Å². The maximum atomic E-state index is 10.6. The first-order valence-electron chi connectivity index (χ1n) is 6.27. The molecule has 2 atom stereocenters. The largest absolute Gasteiger partial charge is 0.393 e. The lowest BCUT2D eigenvalue weighted by atomic mass is 10.1. The average molecular weight is 250 g/mol. The number of aliphatic hydroxyl groups is 1. The van der Waals surface area contributed by atoms with Crippen molar-refractivity contribution in [2.75, 3.05) is 6.54 Å². The Morgan fingerprint density at radius 2 is 2.28 bits per heavy atom. The number of nitrogens with one attached hydrogen (secondary N) is 1. The molecule has 5 nitrogen and oxygen atoms in total. The van der Waals surface area contributed by atoms with Crippen molar-refractivity contribution in [1.82, 2.24) is 5.32 Å². The summed E-state index contributed by atoms with van der Waals surface area (Å²) < 4.78 is 0. The van der Waals surface area contributed by atoms with Gasteiger partial charge < -0.3 is 10.4 Å². The normalized spacial score (nSPS) is 23.2. The first-order valence-corrected chi connectivity index (χ1v) is 6.27. The maximum Gasteiger partial charge on any atom is 0.269 e. The summed E-state index contributed by atoms with van der Waals surface area (Å²) in [5.74, 6) is 0.527. The number of nitro groups is 1. The van der Waals surface area contributed by atoms with Gasteiger partial charge in [-0.05, 0) is 37.3 Å². The fourth-order valence-corrected chi connectivity index (χ4v) is 2.43. The van der Waals surface area contributed by atoms with Crippen molar-refractivity contribution >= 4 is 5.69 Å². The molecular formula is C13H18N2O3. The number of nitro benzene ring substituents is 1. The second kappa shape index (κ2) is 5.93. The number of rotatable bonds is 5. The molecule has 0 radical (unpaired) electrons. The fourth-order valence-electron chi connectivity index (χ4n) is 2.43. The van der Waals surface area contributed by atoms with E-state index in [1.807, 2.05) is 6.07 Å². The summed E-state index contributed by atoms with van der Waals surface area (Å²) >= 11 is 0. The lowest BCUT2D eigenvalue weighted by Crippen LogP contribution is -2.21. The summed E-state index contributed by atoms with van der Waals surface area (Å²) in [7, 11) is 0. The van der Waals surface area contributed by atoms with E-state index in [1.54, 1.807) is 12.1 Å². The van der Waals surface area contributed by atoms with Gasteiger partial charge in [0.25, 0.3) is 5.69 Å². The van der Waals surface area contributed by atoms with Crippen LogP contribution in [0.3, 0.4) is 0 Å². The van der Waals surface area contributed by atoms with Crippen molar-refractivity contribution in [2.24, 2.45) is 5.92 Å². The van der Waals surface area contributed by atoms with Gasteiger partial charge in [0, 0.05) is 18.7 Å². The van der Waals surface area contributed by atoms with Crippen LogP contribution in [0.2, 0.25) is 0 Å². The smallest absolute Gasteiger partial charge is 0.269 e. The molecule has 98 valence electrons. The zero-order chi connectivity index (χ0) is 13.0. The van der Waals surface area contributed by atoms with Gasteiger partial charge in [0.05, 0.1) is 11.0 Å². The van der Waals surface area contributed by atoms with Crippen molar-refractivity contribution in [2.45, 2.75) is 31.9 Å². The van der Waals surface area contributed by atoms with Crippen molar-refractivity contribution in [3.8, 4) is 0 Å². The molecule has 5 heteroatoms. The fraction of sp³-hybridized carbons (Fsp3) is 0.538. The Labute approximate surface area is 106 Å². The Bertz CT molecular complexity index is 422. The van der Waals surface area contributed by atoms with E-state index < -0.39 is 0 Å². The molecule has 1 aliphatic rings. The SMILES string of the molecule is O=[N+]([O-])c1cccc(CNCC2CCC(O)C2)c1. The zero-order valence-corrected chi connectivity index (χ0v) is 10.2. The van der Waals surface area contributed by atoms with Crippen LogP contribution in [0, 0.1) is 16.0 Å². The van der Waals surface area contributed by atoms with Gasteiger partial charge in [0.1, 0.15) is 0 Å². The molecule has 1 aromatic carbocycles. The van der Waals surface area contributed by atoms with Crippen LogP contribution >= 0.6 is 0 Å². The summed E-state index contributed by atoms with van der Waals surface area (Å²) in [5.41, 5.74) is 1.05. The highest BCUT2D eigenvalue weighted by Crippen LogP contribution is 2.24. The Hall–Kier alpha value is -1.46. The summed E-state index contributed by atoms with van der Waals surface area (Å²) in [6.07, 6.45) is 2.67. The summed E-state index contributed by atoms with van der Waals surface area (Å²) in [4.78, 5) is 10.3. The molecule has 2 unspecified atom stereocenters. The Morgan fingerprint density at radius 1 is 1.44 bits per heavy atom. The van der Waals surface area contributed by atoms with Crippen LogP contribution < -0.4 is 5.32 Å². The average Bonchev–Trinajstić information content (AvgIpc) is 2.75. The molecule has 0 aromatic heterocycles. The van der Waals surface area contributed by atoms with E-state index in [2.05, 4.69) is 5.32 Å². The second-order valence-corrected chi connectivity index (χ2v) is 4.89. The third-order valence-electron chi connectivity index (χ3n) is 3.40. The van der Waals surface area contributed by atoms with Crippen LogP contribution in [0.5, 0.6) is 0 Å². The molecule has 2 rings (SSSR count). The van der Waals surface area contributed by atoms with Crippen LogP contribution in [0.4, 0.5) is 5.69 Å². The highest BCUT2D eigenvalue weighted by Gasteiger charge is 2.22. The molecule has 0 spiro atoms. The third kappa shape index (κ3) is 3.51. The standard InChI is InChI=1S/C13H18N2O3/c16-13-5-4-11(7-13)9-14-8-10-2-1-3-12(6-10)15(17)18/h1-3,6,11,13-14,16H,4-5,7-9H2. The van der Waals surface area contributed by atoms with Gasteiger partial charge in [0.15, 0.2) is 0 Å². The van der Waals surface area contributed by atoms with Gasteiger partial charge >= 0.3 is 0 Å². The van der Waals surface area contributed by atoms with Crippen molar-refractivity contribution in [3.05, 3.63) is 39.9 Å². The molecule has 18 heavy (non-hydrogen) atoms. The molecule has 0 saturated heterocycles. The first-order chi connectivity index (χ1) is 8.65. The minimum atomic E-state index is -0.378. The Kier molecular flexibility index (Phi) is 4.28. The van der Waals surface area contributed by atoms with Crippen LogP contribution in [0.25, 0.3) is 0 Å². The highest BCUT2D eigenvalue weighted by atomic mass is 16.6. The van der Waals surface area contributed by atoms with E-state index in [9.17, 15) is 15.2 Å². The molecule has 1 fully saturated rings. The molecule has 1 aliphatic carbocycles. The third-order valence-corrected chi connectivity index (χ3v) is 3.40. The lowest BCUT2D eigenvalue weighted by molar-refractivity contribution is -0.384. The number of nitrogens with zero attached hydrogens (tertiary/aromatic N) is 1. The molecule has 1 aromatic rings. The van der Waals surface area contributed by atoms with Crippen LogP contribution in [0.1, 0.15) is 24.8 Å². The molecule has 0 heterocycles.